The Balaban J connectivity index is 1.32. The van der Waals surface area contributed by atoms with Crippen LogP contribution < -0.4 is 14.2 Å². The molecule has 4 rings (SSSR count). The van der Waals surface area contributed by atoms with E-state index in [1.807, 2.05) is 12.1 Å². The van der Waals surface area contributed by atoms with Crippen LogP contribution in [0.1, 0.15) is 12.8 Å². The first-order valence-electron chi connectivity index (χ1n) is 9.37. The molecule has 29 heavy (non-hydrogen) atoms. The zero-order valence-corrected chi connectivity index (χ0v) is 16.4. The summed E-state index contributed by atoms with van der Waals surface area (Å²) in [6.07, 6.45) is 0.254. The summed E-state index contributed by atoms with van der Waals surface area (Å²) < 4.78 is 51.9. The largest absolute Gasteiger partial charge is 0.485 e. The van der Waals surface area contributed by atoms with E-state index in [4.69, 9.17) is 9.47 Å². The molecular formula is C20H21FN2O5S. The monoisotopic (exact) mass is 420 g/mol. The Labute approximate surface area is 168 Å². The Kier molecular flexibility index (Phi) is 5.42. The fourth-order valence-electron chi connectivity index (χ4n) is 3.46. The number of carbonyl (C=O) groups is 1. The minimum atomic E-state index is -3.73. The van der Waals surface area contributed by atoms with E-state index in [2.05, 4.69) is 4.72 Å². The van der Waals surface area contributed by atoms with Gasteiger partial charge in [0.2, 0.25) is 16.1 Å². The van der Waals surface area contributed by atoms with Crippen molar-refractivity contribution in [3.8, 4) is 11.5 Å². The van der Waals surface area contributed by atoms with Crippen molar-refractivity contribution in [1.29, 1.82) is 0 Å². The number of hydrogen-bond donors (Lipinski definition) is 1. The number of hydrogen-bond acceptors (Lipinski definition) is 5. The van der Waals surface area contributed by atoms with Crippen molar-refractivity contribution in [2.45, 2.75) is 29.9 Å². The van der Waals surface area contributed by atoms with Crippen molar-refractivity contribution in [2.24, 2.45) is 0 Å². The highest BCUT2D eigenvalue weighted by Gasteiger charge is 2.34. The molecule has 0 aliphatic carbocycles. The Morgan fingerprint density at radius 2 is 1.69 bits per heavy atom. The zero-order valence-electron chi connectivity index (χ0n) is 15.6. The average Bonchev–Trinajstić information content (AvgIpc) is 2.73. The molecule has 154 valence electrons. The highest BCUT2D eigenvalue weighted by Crippen LogP contribution is 2.31. The second-order valence-electron chi connectivity index (χ2n) is 7.04. The molecule has 1 amide bonds. The van der Waals surface area contributed by atoms with Crippen LogP contribution in [0, 0.1) is 5.82 Å². The number of piperidine rings is 1. The molecule has 0 spiro atoms. The summed E-state index contributed by atoms with van der Waals surface area (Å²) in [5.74, 6) is 0.496. The summed E-state index contributed by atoms with van der Waals surface area (Å²) in [4.78, 5) is 14.4. The van der Waals surface area contributed by atoms with E-state index in [1.54, 1.807) is 17.0 Å². The molecule has 2 heterocycles. The Hall–Kier alpha value is -2.65. The smallest absolute Gasteiger partial charge is 0.267 e. The molecule has 9 heteroatoms. The van der Waals surface area contributed by atoms with E-state index in [0.29, 0.717) is 37.4 Å². The summed E-state index contributed by atoms with van der Waals surface area (Å²) in [6.45, 7) is 0.973. The molecule has 0 radical (unpaired) electrons. The number of amides is 1. The first-order chi connectivity index (χ1) is 13.9. The summed E-state index contributed by atoms with van der Waals surface area (Å²) in [6, 6.07) is 11.6. The lowest BCUT2D eigenvalue weighted by atomic mass is 10.1. The fraction of sp³-hybridized carbons (Fsp3) is 0.350. The second-order valence-corrected chi connectivity index (χ2v) is 8.75. The number of nitrogens with zero attached hydrogens (tertiary/aromatic N) is 1. The minimum absolute atomic E-state index is 0.0174. The predicted molar refractivity (Wildman–Crippen MR) is 103 cm³/mol. The summed E-state index contributed by atoms with van der Waals surface area (Å²) >= 11 is 0. The van der Waals surface area contributed by atoms with Gasteiger partial charge in [0.1, 0.15) is 12.4 Å². The van der Waals surface area contributed by atoms with E-state index >= 15 is 0 Å². The van der Waals surface area contributed by atoms with Crippen LogP contribution in [-0.4, -0.2) is 51.1 Å². The molecule has 1 atom stereocenters. The quantitative estimate of drug-likeness (QED) is 0.817. The van der Waals surface area contributed by atoms with E-state index in [-0.39, 0.29) is 23.5 Å². The Bertz CT molecular complexity index is 988. The summed E-state index contributed by atoms with van der Waals surface area (Å²) in [7, 11) is -3.73. The number of para-hydroxylation sites is 2. The molecule has 7 nitrogen and oxygen atoms in total. The average molecular weight is 420 g/mol. The number of likely N-dealkylation sites (tertiary alicyclic amines) is 1. The van der Waals surface area contributed by atoms with E-state index < -0.39 is 21.9 Å². The lowest BCUT2D eigenvalue weighted by Crippen LogP contribution is -2.52. The van der Waals surface area contributed by atoms with Gasteiger partial charge in [-0.25, -0.2) is 17.5 Å². The molecule has 1 unspecified atom stereocenters. The molecule has 0 saturated carbocycles. The van der Waals surface area contributed by atoms with E-state index in [1.165, 1.54) is 12.1 Å². The Morgan fingerprint density at radius 1 is 1.03 bits per heavy atom. The minimum Gasteiger partial charge on any atom is -0.485 e. The number of nitrogens with one attached hydrogen (secondary N) is 1. The topological polar surface area (TPSA) is 84.9 Å². The SMILES string of the molecule is O=C(C1COc2ccccc2O1)N1CCC(NS(=O)(=O)c2ccc(F)cc2)CC1. The number of ether oxygens (including phenoxy) is 2. The molecule has 1 saturated heterocycles. The molecular weight excluding hydrogens is 399 g/mol. The van der Waals surface area contributed by atoms with Gasteiger partial charge in [-0.05, 0) is 49.2 Å². The Morgan fingerprint density at radius 3 is 2.38 bits per heavy atom. The van der Waals surface area contributed by atoms with Gasteiger partial charge in [-0.3, -0.25) is 4.79 Å². The van der Waals surface area contributed by atoms with E-state index in [9.17, 15) is 17.6 Å². The zero-order chi connectivity index (χ0) is 20.4. The number of rotatable bonds is 4. The van der Waals surface area contributed by atoms with Crippen LogP contribution in [0.15, 0.2) is 53.4 Å². The van der Waals surface area contributed by atoms with Gasteiger partial charge in [0.25, 0.3) is 5.91 Å². The van der Waals surface area contributed by atoms with Crippen molar-refractivity contribution in [3.05, 3.63) is 54.3 Å². The molecule has 1 fully saturated rings. The van der Waals surface area contributed by atoms with Crippen molar-refractivity contribution in [3.63, 3.8) is 0 Å². The third-order valence-corrected chi connectivity index (χ3v) is 6.57. The van der Waals surface area contributed by atoms with Gasteiger partial charge in [-0.15, -0.1) is 0 Å². The molecule has 2 aromatic rings. The molecule has 0 bridgehead atoms. The van der Waals surface area contributed by atoms with Crippen molar-refractivity contribution in [2.75, 3.05) is 19.7 Å². The number of sulfonamides is 1. The number of fused-ring (bicyclic) bond motifs is 1. The van der Waals surface area contributed by atoms with Crippen LogP contribution >= 0.6 is 0 Å². The van der Waals surface area contributed by atoms with Crippen molar-refractivity contribution in [1.82, 2.24) is 9.62 Å². The van der Waals surface area contributed by atoms with Gasteiger partial charge < -0.3 is 14.4 Å². The third kappa shape index (κ3) is 4.35. The molecule has 0 aromatic heterocycles. The molecule has 2 aromatic carbocycles. The maximum atomic E-state index is 13.0. The first kappa shape index (κ1) is 19.7. The van der Waals surface area contributed by atoms with Crippen LogP contribution in [0.5, 0.6) is 11.5 Å². The van der Waals surface area contributed by atoms with Gasteiger partial charge in [-0.1, -0.05) is 12.1 Å². The molecule has 1 N–H and O–H groups in total. The van der Waals surface area contributed by atoms with Crippen molar-refractivity contribution >= 4 is 15.9 Å². The number of carbonyl (C=O) groups excluding carboxylic acids is 1. The first-order valence-corrected chi connectivity index (χ1v) is 10.9. The molecule has 2 aliphatic rings. The molecule has 2 aliphatic heterocycles. The van der Waals surface area contributed by atoms with Gasteiger partial charge >= 0.3 is 0 Å². The lowest BCUT2D eigenvalue weighted by molar-refractivity contribution is -0.142. The summed E-state index contributed by atoms with van der Waals surface area (Å²) in [5.41, 5.74) is 0. The maximum absolute atomic E-state index is 13.0. The van der Waals surface area contributed by atoms with Crippen LogP contribution in [0.25, 0.3) is 0 Å². The lowest BCUT2D eigenvalue weighted by Gasteiger charge is -2.35. The second kappa shape index (κ2) is 8.00. The van der Waals surface area contributed by atoms with Gasteiger partial charge in [0.05, 0.1) is 4.90 Å². The highest BCUT2D eigenvalue weighted by molar-refractivity contribution is 7.89. The fourth-order valence-corrected chi connectivity index (χ4v) is 4.77. The normalized spacial score (nSPS) is 19.8. The van der Waals surface area contributed by atoms with Crippen LogP contribution in [0.2, 0.25) is 0 Å². The highest BCUT2D eigenvalue weighted by atomic mass is 32.2. The maximum Gasteiger partial charge on any atom is 0.267 e. The third-order valence-electron chi connectivity index (χ3n) is 5.04. The standard InChI is InChI=1S/C20H21FN2O5S/c21-14-5-7-16(8-6-14)29(25,26)22-15-9-11-23(12-10-15)20(24)19-13-27-17-3-1-2-4-18(17)28-19/h1-8,15,19,22H,9-13H2. The van der Waals surface area contributed by atoms with Crippen molar-refractivity contribution < 1.29 is 27.1 Å². The van der Waals surface area contributed by atoms with Gasteiger partial charge in [0, 0.05) is 19.1 Å². The van der Waals surface area contributed by atoms with Crippen LogP contribution in [0.3, 0.4) is 0 Å². The van der Waals surface area contributed by atoms with Crippen LogP contribution in [-0.2, 0) is 14.8 Å². The van der Waals surface area contributed by atoms with Gasteiger partial charge in [-0.2, -0.15) is 0 Å². The van der Waals surface area contributed by atoms with Crippen LogP contribution in [0.4, 0.5) is 4.39 Å². The summed E-state index contributed by atoms with van der Waals surface area (Å²) in [5, 5.41) is 0. The van der Waals surface area contributed by atoms with E-state index in [0.717, 1.165) is 12.1 Å². The number of halogens is 1. The van der Waals surface area contributed by atoms with Gasteiger partial charge in [0.15, 0.2) is 11.5 Å². The predicted octanol–water partition coefficient (Wildman–Crippen LogP) is 1.94. The number of benzene rings is 2.